The number of nitrogens with one attached hydrogen (secondary N) is 1. The molecular weight excluding hydrogens is 186 g/mol. The molecule has 1 aromatic rings. The van der Waals surface area contributed by atoms with Crippen LogP contribution in [0, 0.1) is 18.3 Å². The Kier molecular flexibility index (Phi) is 4.14. The van der Waals surface area contributed by atoms with Crippen LogP contribution in [-0.4, -0.2) is 32.1 Å². The molecule has 80 valence electrons. The molecule has 0 aliphatic carbocycles. The van der Waals surface area contributed by atoms with Crippen LogP contribution in [0.25, 0.3) is 0 Å². The molecule has 0 spiro atoms. The van der Waals surface area contributed by atoms with E-state index in [1.807, 2.05) is 39.2 Å². The minimum absolute atomic E-state index is 0.716. The molecule has 0 aliphatic heterocycles. The molecule has 15 heavy (non-hydrogen) atoms. The van der Waals surface area contributed by atoms with Gasteiger partial charge in [-0.2, -0.15) is 5.26 Å². The molecule has 3 nitrogen and oxygen atoms in total. The molecule has 0 unspecified atom stereocenters. The van der Waals surface area contributed by atoms with E-state index in [1.54, 1.807) is 0 Å². The number of aryl methyl sites for hydroxylation is 1. The molecule has 0 saturated carbocycles. The van der Waals surface area contributed by atoms with Crippen molar-refractivity contribution < 1.29 is 0 Å². The zero-order valence-corrected chi connectivity index (χ0v) is 9.54. The molecule has 1 rings (SSSR count). The van der Waals surface area contributed by atoms with E-state index in [4.69, 9.17) is 5.26 Å². The lowest BCUT2D eigenvalue weighted by atomic mass is 10.1. The van der Waals surface area contributed by atoms with E-state index >= 15 is 0 Å². The first kappa shape index (κ1) is 11.5. The lowest BCUT2D eigenvalue weighted by Crippen LogP contribution is -2.21. The van der Waals surface area contributed by atoms with Crippen molar-refractivity contribution in [1.82, 2.24) is 4.90 Å². The standard InChI is InChI=1S/C12H17N3/c1-10-4-5-12(11(8-10)9-13)14-6-7-15(2)3/h4-5,8,14H,6-7H2,1-3H3. The van der Waals surface area contributed by atoms with Crippen LogP contribution in [0.5, 0.6) is 0 Å². The van der Waals surface area contributed by atoms with E-state index in [2.05, 4.69) is 16.3 Å². The van der Waals surface area contributed by atoms with Crippen LogP contribution < -0.4 is 5.32 Å². The van der Waals surface area contributed by atoms with Crippen molar-refractivity contribution in [2.75, 3.05) is 32.5 Å². The minimum Gasteiger partial charge on any atom is -0.383 e. The molecule has 0 radical (unpaired) electrons. The van der Waals surface area contributed by atoms with Crippen molar-refractivity contribution in [2.24, 2.45) is 0 Å². The second-order valence-electron chi connectivity index (χ2n) is 3.89. The summed E-state index contributed by atoms with van der Waals surface area (Å²) in [5.41, 5.74) is 2.75. The molecule has 0 fully saturated rings. The smallest absolute Gasteiger partial charge is 0.101 e. The highest BCUT2D eigenvalue weighted by atomic mass is 15.1. The molecular formula is C12H17N3. The molecule has 0 aromatic heterocycles. The summed E-state index contributed by atoms with van der Waals surface area (Å²) in [6.07, 6.45) is 0. The van der Waals surface area contributed by atoms with Gasteiger partial charge in [-0.1, -0.05) is 6.07 Å². The Morgan fingerprint density at radius 3 is 2.73 bits per heavy atom. The van der Waals surface area contributed by atoms with Crippen LogP contribution in [0.4, 0.5) is 5.69 Å². The van der Waals surface area contributed by atoms with Crippen molar-refractivity contribution in [3.05, 3.63) is 29.3 Å². The molecule has 1 aromatic carbocycles. The summed E-state index contributed by atoms with van der Waals surface area (Å²) in [5, 5.41) is 12.2. The van der Waals surface area contributed by atoms with Crippen LogP contribution in [0.1, 0.15) is 11.1 Å². The average molecular weight is 203 g/mol. The first-order chi connectivity index (χ1) is 7.13. The average Bonchev–Trinajstić information content (AvgIpc) is 2.19. The zero-order valence-electron chi connectivity index (χ0n) is 9.54. The summed E-state index contributed by atoms with van der Waals surface area (Å²) >= 11 is 0. The fourth-order valence-electron chi connectivity index (χ4n) is 1.32. The summed E-state index contributed by atoms with van der Waals surface area (Å²) < 4.78 is 0. The van der Waals surface area contributed by atoms with Crippen molar-refractivity contribution in [3.63, 3.8) is 0 Å². The van der Waals surface area contributed by atoms with Crippen LogP contribution >= 0.6 is 0 Å². The molecule has 0 aliphatic rings. The van der Waals surface area contributed by atoms with Crippen LogP contribution in [0.3, 0.4) is 0 Å². The van der Waals surface area contributed by atoms with Crippen LogP contribution in [0.2, 0.25) is 0 Å². The third-order valence-corrected chi connectivity index (χ3v) is 2.17. The Bertz CT molecular complexity index is 364. The quantitative estimate of drug-likeness (QED) is 0.811. The lowest BCUT2D eigenvalue weighted by Gasteiger charge is -2.12. The minimum atomic E-state index is 0.716. The maximum absolute atomic E-state index is 8.95. The molecule has 0 amide bonds. The molecule has 0 saturated heterocycles. The maximum atomic E-state index is 8.95. The largest absolute Gasteiger partial charge is 0.383 e. The zero-order chi connectivity index (χ0) is 11.3. The number of nitrogens with zero attached hydrogens (tertiary/aromatic N) is 2. The molecule has 0 heterocycles. The molecule has 0 atom stereocenters. The Hall–Kier alpha value is -1.53. The van der Waals surface area contributed by atoms with Gasteiger partial charge >= 0.3 is 0 Å². The predicted octanol–water partition coefficient (Wildman–Crippen LogP) is 1.84. The van der Waals surface area contributed by atoms with E-state index in [1.165, 1.54) is 0 Å². The van der Waals surface area contributed by atoms with E-state index in [9.17, 15) is 0 Å². The summed E-state index contributed by atoms with van der Waals surface area (Å²) in [4.78, 5) is 2.10. The molecule has 0 bridgehead atoms. The number of hydrogen-bond acceptors (Lipinski definition) is 3. The van der Waals surface area contributed by atoms with Gasteiger partial charge in [-0.25, -0.2) is 0 Å². The van der Waals surface area contributed by atoms with E-state index in [0.717, 1.165) is 24.3 Å². The Morgan fingerprint density at radius 1 is 1.40 bits per heavy atom. The van der Waals surface area contributed by atoms with Gasteiger partial charge in [0.05, 0.1) is 11.3 Å². The maximum Gasteiger partial charge on any atom is 0.101 e. The van der Waals surface area contributed by atoms with Crippen molar-refractivity contribution in [3.8, 4) is 6.07 Å². The number of nitriles is 1. The van der Waals surface area contributed by atoms with Gasteiger partial charge in [0.25, 0.3) is 0 Å². The second-order valence-corrected chi connectivity index (χ2v) is 3.89. The first-order valence-corrected chi connectivity index (χ1v) is 5.03. The topological polar surface area (TPSA) is 39.1 Å². The number of rotatable bonds is 4. The Morgan fingerprint density at radius 2 is 2.13 bits per heavy atom. The third kappa shape index (κ3) is 3.61. The first-order valence-electron chi connectivity index (χ1n) is 5.03. The monoisotopic (exact) mass is 203 g/mol. The van der Waals surface area contributed by atoms with E-state index in [-0.39, 0.29) is 0 Å². The number of hydrogen-bond donors (Lipinski definition) is 1. The molecule has 1 N–H and O–H groups in total. The summed E-state index contributed by atoms with van der Waals surface area (Å²) in [6, 6.07) is 8.07. The lowest BCUT2D eigenvalue weighted by molar-refractivity contribution is 0.425. The molecule has 3 heteroatoms. The van der Waals surface area contributed by atoms with E-state index < -0.39 is 0 Å². The van der Waals surface area contributed by atoms with Gasteiger partial charge in [-0.15, -0.1) is 0 Å². The van der Waals surface area contributed by atoms with Gasteiger partial charge < -0.3 is 10.2 Å². The van der Waals surface area contributed by atoms with E-state index in [0.29, 0.717) is 5.56 Å². The highest BCUT2D eigenvalue weighted by Gasteiger charge is 2.01. The summed E-state index contributed by atoms with van der Waals surface area (Å²) in [7, 11) is 4.06. The highest BCUT2D eigenvalue weighted by molar-refractivity contribution is 5.58. The SMILES string of the molecule is Cc1ccc(NCCN(C)C)c(C#N)c1. The summed E-state index contributed by atoms with van der Waals surface area (Å²) in [6.45, 7) is 3.80. The van der Waals surface area contributed by atoms with Gasteiger partial charge in [0.2, 0.25) is 0 Å². The van der Waals surface area contributed by atoms with Gasteiger partial charge in [0, 0.05) is 13.1 Å². The number of anilines is 1. The van der Waals surface area contributed by atoms with Crippen molar-refractivity contribution in [2.45, 2.75) is 6.92 Å². The van der Waals surface area contributed by atoms with Gasteiger partial charge in [-0.05, 0) is 38.7 Å². The number of likely N-dealkylation sites (N-methyl/N-ethyl adjacent to an activating group) is 1. The summed E-state index contributed by atoms with van der Waals surface area (Å²) in [5.74, 6) is 0. The second kappa shape index (κ2) is 5.38. The van der Waals surface area contributed by atoms with Gasteiger partial charge in [-0.3, -0.25) is 0 Å². The van der Waals surface area contributed by atoms with Gasteiger partial charge in [0.15, 0.2) is 0 Å². The van der Waals surface area contributed by atoms with Crippen molar-refractivity contribution >= 4 is 5.69 Å². The predicted molar refractivity (Wildman–Crippen MR) is 62.9 cm³/mol. The Balaban J connectivity index is 2.65. The fourth-order valence-corrected chi connectivity index (χ4v) is 1.32. The van der Waals surface area contributed by atoms with Crippen molar-refractivity contribution in [1.29, 1.82) is 5.26 Å². The van der Waals surface area contributed by atoms with Gasteiger partial charge in [0.1, 0.15) is 6.07 Å². The van der Waals surface area contributed by atoms with Crippen LogP contribution in [-0.2, 0) is 0 Å². The Labute approximate surface area is 91.3 Å². The fraction of sp³-hybridized carbons (Fsp3) is 0.417. The number of benzene rings is 1. The third-order valence-electron chi connectivity index (χ3n) is 2.17. The normalized spacial score (nSPS) is 10.1. The highest BCUT2D eigenvalue weighted by Crippen LogP contribution is 2.15. The van der Waals surface area contributed by atoms with Crippen LogP contribution in [0.15, 0.2) is 18.2 Å².